The highest BCUT2D eigenvalue weighted by molar-refractivity contribution is 6.05. The molecule has 0 saturated carbocycles. The van der Waals surface area contributed by atoms with Crippen molar-refractivity contribution in [1.29, 1.82) is 0 Å². The predicted octanol–water partition coefficient (Wildman–Crippen LogP) is 3.29. The van der Waals surface area contributed by atoms with E-state index in [0.29, 0.717) is 5.56 Å². The fraction of sp³-hybridized carbons (Fsp3) is 0.0714. The Kier molecular flexibility index (Phi) is 3.74. The van der Waals surface area contributed by atoms with Crippen LogP contribution in [-0.4, -0.2) is 10.8 Å². The Hall–Kier alpha value is -2.76. The first-order chi connectivity index (χ1) is 9.49. The molecule has 102 valence electrons. The van der Waals surface area contributed by atoms with E-state index in [2.05, 4.69) is 5.32 Å². The zero-order valence-electron chi connectivity index (χ0n) is 10.6. The number of hydrogen-bond donors (Lipinski definition) is 1. The molecule has 0 radical (unpaired) electrons. The van der Waals surface area contributed by atoms with Crippen LogP contribution in [0.2, 0.25) is 0 Å². The maximum Gasteiger partial charge on any atom is 0.292 e. The van der Waals surface area contributed by atoms with Crippen LogP contribution in [0.5, 0.6) is 0 Å². The van der Waals surface area contributed by atoms with E-state index >= 15 is 0 Å². The highest BCUT2D eigenvalue weighted by Gasteiger charge is 2.16. The van der Waals surface area contributed by atoms with Crippen LogP contribution < -0.4 is 5.32 Å². The lowest BCUT2D eigenvalue weighted by Gasteiger charge is -2.06. The quantitative estimate of drug-likeness (QED) is 0.689. The van der Waals surface area contributed by atoms with Crippen LogP contribution in [0.15, 0.2) is 42.5 Å². The van der Waals surface area contributed by atoms with E-state index in [4.69, 9.17) is 0 Å². The van der Waals surface area contributed by atoms with Crippen LogP contribution in [0.4, 0.5) is 15.8 Å². The minimum atomic E-state index is -0.578. The minimum absolute atomic E-state index is 0.101. The summed E-state index contributed by atoms with van der Waals surface area (Å²) >= 11 is 0. The van der Waals surface area contributed by atoms with Gasteiger partial charge in [0, 0.05) is 11.6 Å². The third-order valence-corrected chi connectivity index (χ3v) is 2.77. The lowest BCUT2D eigenvalue weighted by molar-refractivity contribution is -0.383. The van der Waals surface area contributed by atoms with Crippen molar-refractivity contribution in [3.05, 3.63) is 69.5 Å². The molecule has 1 amide bonds. The SMILES string of the molecule is Cc1cc(C(=O)Nc2ccccc2[N+](=O)[O-])ccc1F. The number of carbonyl (C=O) groups is 1. The van der Waals surface area contributed by atoms with Gasteiger partial charge < -0.3 is 5.32 Å². The van der Waals surface area contributed by atoms with Crippen LogP contribution in [0.25, 0.3) is 0 Å². The van der Waals surface area contributed by atoms with Crippen molar-refractivity contribution in [3.63, 3.8) is 0 Å². The second-order valence-electron chi connectivity index (χ2n) is 4.19. The molecule has 0 heterocycles. The average Bonchev–Trinajstić information content (AvgIpc) is 2.42. The smallest absolute Gasteiger partial charge is 0.292 e. The summed E-state index contributed by atoms with van der Waals surface area (Å²) in [7, 11) is 0. The van der Waals surface area contributed by atoms with Gasteiger partial charge >= 0.3 is 0 Å². The van der Waals surface area contributed by atoms with Crippen LogP contribution in [-0.2, 0) is 0 Å². The first kappa shape index (κ1) is 13.7. The summed E-state index contributed by atoms with van der Waals surface area (Å²) in [6.45, 7) is 1.54. The summed E-state index contributed by atoms with van der Waals surface area (Å²) in [4.78, 5) is 22.3. The molecule has 0 aliphatic carbocycles. The third kappa shape index (κ3) is 2.80. The molecule has 0 aliphatic rings. The molecule has 5 nitrogen and oxygen atoms in total. The average molecular weight is 274 g/mol. The molecular formula is C14H11FN2O3. The number of nitrogens with one attached hydrogen (secondary N) is 1. The molecule has 2 aromatic carbocycles. The molecule has 0 bridgehead atoms. The Labute approximate surface area is 114 Å². The Morgan fingerprint density at radius 2 is 1.95 bits per heavy atom. The van der Waals surface area contributed by atoms with Crippen LogP contribution in [0.1, 0.15) is 15.9 Å². The van der Waals surface area contributed by atoms with Crippen molar-refractivity contribution in [2.24, 2.45) is 0 Å². The fourth-order valence-electron chi connectivity index (χ4n) is 1.72. The number of halogens is 1. The summed E-state index contributed by atoms with van der Waals surface area (Å²) in [5.74, 6) is -0.936. The van der Waals surface area contributed by atoms with E-state index in [-0.39, 0.29) is 16.9 Å². The van der Waals surface area contributed by atoms with Gasteiger partial charge in [-0.05, 0) is 36.8 Å². The molecule has 0 saturated heterocycles. The second-order valence-corrected chi connectivity index (χ2v) is 4.19. The van der Waals surface area contributed by atoms with Gasteiger partial charge in [-0.15, -0.1) is 0 Å². The topological polar surface area (TPSA) is 72.2 Å². The minimum Gasteiger partial charge on any atom is -0.316 e. The van der Waals surface area contributed by atoms with Crippen molar-refractivity contribution in [2.75, 3.05) is 5.32 Å². The molecule has 0 spiro atoms. The number of hydrogen-bond acceptors (Lipinski definition) is 3. The number of anilines is 1. The summed E-state index contributed by atoms with van der Waals surface area (Å²) in [6.07, 6.45) is 0. The number of nitro benzene ring substituents is 1. The van der Waals surface area contributed by atoms with Gasteiger partial charge in [0.1, 0.15) is 11.5 Å². The molecule has 0 aliphatic heterocycles. The van der Waals surface area contributed by atoms with Gasteiger partial charge in [0.05, 0.1) is 4.92 Å². The van der Waals surface area contributed by atoms with Crippen molar-refractivity contribution >= 4 is 17.3 Å². The van der Waals surface area contributed by atoms with E-state index < -0.39 is 16.6 Å². The number of aryl methyl sites for hydroxylation is 1. The van der Waals surface area contributed by atoms with Gasteiger partial charge in [-0.2, -0.15) is 0 Å². The fourth-order valence-corrected chi connectivity index (χ4v) is 1.72. The summed E-state index contributed by atoms with van der Waals surface area (Å²) in [6, 6.07) is 9.72. The Morgan fingerprint density at radius 1 is 1.25 bits per heavy atom. The van der Waals surface area contributed by atoms with Crippen LogP contribution in [0, 0.1) is 22.9 Å². The first-order valence-electron chi connectivity index (χ1n) is 5.80. The molecule has 0 fully saturated rings. The van der Waals surface area contributed by atoms with Crippen molar-refractivity contribution in [3.8, 4) is 0 Å². The number of nitro groups is 1. The maximum atomic E-state index is 13.1. The molecule has 2 aromatic rings. The number of para-hydroxylation sites is 2. The highest BCUT2D eigenvalue weighted by atomic mass is 19.1. The number of carbonyl (C=O) groups excluding carboxylic acids is 1. The van der Waals surface area contributed by atoms with Crippen molar-refractivity contribution in [1.82, 2.24) is 0 Å². The van der Waals surface area contributed by atoms with E-state index in [1.165, 1.54) is 43.3 Å². The molecular weight excluding hydrogens is 263 g/mol. The standard InChI is InChI=1S/C14H11FN2O3/c1-9-8-10(6-7-11(9)15)14(18)16-12-4-2-3-5-13(12)17(19)20/h2-8H,1H3,(H,16,18). The monoisotopic (exact) mass is 274 g/mol. The molecule has 1 N–H and O–H groups in total. The van der Waals surface area contributed by atoms with Gasteiger partial charge in [-0.3, -0.25) is 14.9 Å². The normalized spacial score (nSPS) is 10.1. The van der Waals surface area contributed by atoms with Gasteiger partial charge in [0.25, 0.3) is 11.6 Å². The number of benzene rings is 2. The van der Waals surface area contributed by atoms with Crippen LogP contribution >= 0.6 is 0 Å². The highest BCUT2D eigenvalue weighted by Crippen LogP contribution is 2.24. The molecule has 0 aromatic heterocycles. The van der Waals surface area contributed by atoms with Gasteiger partial charge in [0.2, 0.25) is 0 Å². The largest absolute Gasteiger partial charge is 0.316 e. The molecule has 6 heteroatoms. The number of rotatable bonds is 3. The Morgan fingerprint density at radius 3 is 2.60 bits per heavy atom. The summed E-state index contributed by atoms with van der Waals surface area (Å²) in [5, 5.41) is 13.3. The predicted molar refractivity (Wildman–Crippen MR) is 72.2 cm³/mol. The van der Waals surface area contributed by atoms with Crippen molar-refractivity contribution < 1.29 is 14.1 Å². The Balaban J connectivity index is 2.28. The van der Waals surface area contributed by atoms with E-state index in [1.807, 2.05) is 0 Å². The second kappa shape index (κ2) is 5.48. The van der Waals surface area contributed by atoms with E-state index in [0.717, 1.165) is 0 Å². The summed E-state index contributed by atoms with van der Waals surface area (Å²) < 4.78 is 13.1. The van der Waals surface area contributed by atoms with E-state index in [1.54, 1.807) is 6.07 Å². The lowest BCUT2D eigenvalue weighted by atomic mass is 10.1. The van der Waals surface area contributed by atoms with Crippen LogP contribution in [0.3, 0.4) is 0 Å². The first-order valence-corrected chi connectivity index (χ1v) is 5.80. The van der Waals surface area contributed by atoms with Gasteiger partial charge in [0.15, 0.2) is 0 Å². The molecule has 0 atom stereocenters. The zero-order chi connectivity index (χ0) is 14.7. The van der Waals surface area contributed by atoms with Gasteiger partial charge in [-0.25, -0.2) is 4.39 Å². The van der Waals surface area contributed by atoms with Gasteiger partial charge in [-0.1, -0.05) is 12.1 Å². The maximum absolute atomic E-state index is 13.1. The van der Waals surface area contributed by atoms with Crippen molar-refractivity contribution in [2.45, 2.75) is 6.92 Å². The lowest BCUT2D eigenvalue weighted by Crippen LogP contribution is -2.13. The molecule has 20 heavy (non-hydrogen) atoms. The third-order valence-electron chi connectivity index (χ3n) is 2.77. The number of nitrogens with zero attached hydrogens (tertiary/aromatic N) is 1. The molecule has 0 unspecified atom stereocenters. The van der Waals surface area contributed by atoms with E-state index in [9.17, 15) is 19.3 Å². The zero-order valence-corrected chi connectivity index (χ0v) is 10.6. The summed E-state index contributed by atoms with van der Waals surface area (Å²) in [5.41, 5.74) is 0.478. The Bertz CT molecular complexity index is 686. The molecule has 2 rings (SSSR count). The number of amides is 1.